The van der Waals surface area contributed by atoms with Crippen LogP contribution in [0.2, 0.25) is 5.02 Å². The fraction of sp³-hybridized carbons (Fsp3) is 0.214. The molecule has 0 saturated heterocycles. The Kier molecular flexibility index (Phi) is 5.19. The summed E-state index contributed by atoms with van der Waals surface area (Å²) in [4.78, 5) is 4.18. The summed E-state index contributed by atoms with van der Waals surface area (Å²) < 4.78 is 6.63. The lowest BCUT2D eigenvalue weighted by atomic mass is 10.2. The van der Waals surface area contributed by atoms with Crippen molar-refractivity contribution < 1.29 is 4.74 Å². The molecule has 1 N–H and O–H groups in total. The Bertz CT molecular complexity index is 563. The molecular weight excluding hydrogens is 328 g/mol. The van der Waals surface area contributed by atoms with Crippen molar-refractivity contribution in [1.29, 1.82) is 0 Å². The van der Waals surface area contributed by atoms with E-state index >= 15 is 0 Å². The lowest BCUT2D eigenvalue weighted by molar-refractivity contribution is 0.459. The maximum absolute atomic E-state index is 6.10. The van der Waals surface area contributed by atoms with Gasteiger partial charge >= 0.3 is 0 Å². The van der Waals surface area contributed by atoms with Crippen LogP contribution in [0.15, 0.2) is 41.0 Å². The van der Waals surface area contributed by atoms with Crippen molar-refractivity contribution in [3.8, 4) is 11.6 Å². The van der Waals surface area contributed by atoms with Gasteiger partial charge in [-0.25, -0.2) is 4.98 Å². The SMILES string of the molecule is CCNCc1cc(Oc2ccccc2Br)ncc1Cl. The second-order valence-corrected chi connectivity index (χ2v) is 5.19. The van der Waals surface area contributed by atoms with Crippen LogP contribution in [-0.4, -0.2) is 11.5 Å². The Balaban J connectivity index is 2.19. The topological polar surface area (TPSA) is 34.1 Å². The standard InChI is InChI=1S/C14H14BrClN2O/c1-2-17-8-10-7-14(18-9-12(10)16)19-13-6-4-3-5-11(13)15/h3-7,9,17H,2,8H2,1H3. The molecule has 2 rings (SSSR count). The largest absolute Gasteiger partial charge is 0.438 e. The zero-order valence-electron chi connectivity index (χ0n) is 10.5. The number of rotatable bonds is 5. The number of para-hydroxylation sites is 1. The summed E-state index contributed by atoms with van der Waals surface area (Å²) >= 11 is 9.54. The van der Waals surface area contributed by atoms with Gasteiger partial charge in [-0.2, -0.15) is 0 Å². The number of benzene rings is 1. The predicted octanol–water partition coefficient (Wildman–Crippen LogP) is 4.40. The number of pyridine rings is 1. The van der Waals surface area contributed by atoms with Crippen molar-refractivity contribution in [3.63, 3.8) is 0 Å². The van der Waals surface area contributed by atoms with E-state index in [1.807, 2.05) is 37.3 Å². The molecule has 0 bridgehead atoms. The molecule has 1 heterocycles. The first-order valence-corrected chi connectivity index (χ1v) is 7.15. The van der Waals surface area contributed by atoms with Gasteiger partial charge in [0.2, 0.25) is 5.88 Å². The Morgan fingerprint density at radius 3 is 2.89 bits per heavy atom. The molecule has 0 spiro atoms. The van der Waals surface area contributed by atoms with Gasteiger partial charge in [0.15, 0.2) is 0 Å². The zero-order chi connectivity index (χ0) is 13.7. The summed E-state index contributed by atoms with van der Waals surface area (Å²) in [7, 11) is 0. The summed E-state index contributed by atoms with van der Waals surface area (Å²) in [5.41, 5.74) is 0.973. The number of halogens is 2. The van der Waals surface area contributed by atoms with Gasteiger partial charge in [-0.3, -0.25) is 0 Å². The second-order valence-electron chi connectivity index (χ2n) is 3.93. The Hall–Kier alpha value is -1.10. The minimum atomic E-state index is 0.532. The van der Waals surface area contributed by atoms with Crippen molar-refractivity contribution in [2.45, 2.75) is 13.5 Å². The van der Waals surface area contributed by atoms with Crippen molar-refractivity contribution >= 4 is 27.5 Å². The minimum absolute atomic E-state index is 0.532. The van der Waals surface area contributed by atoms with E-state index in [1.54, 1.807) is 6.20 Å². The molecule has 0 saturated carbocycles. The van der Waals surface area contributed by atoms with Crippen LogP contribution < -0.4 is 10.1 Å². The van der Waals surface area contributed by atoms with Crippen molar-refractivity contribution in [2.75, 3.05) is 6.54 Å². The highest BCUT2D eigenvalue weighted by molar-refractivity contribution is 9.10. The third-order valence-electron chi connectivity index (χ3n) is 2.53. The maximum atomic E-state index is 6.10. The summed E-state index contributed by atoms with van der Waals surface area (Å²) in [6, 6.07) is 9.50. The van der Waals surface area contributed by atoms with E-state index in [1.165, 1.54) is 0 Å². The molecule has 5 heteroatoms. The van der Waals surface area contributed by atoms with Crippen LogP contribution >= 0.6 is 27.5 Å². The third kappa shape index (κ3) is 3.93. The number of nitrogens with zero attached hydrogens (tertiary/aromatic N) is 1. The molecule has 100 valence electrons. The van der Waals surface area contributed by atoms with Gasteiger partial charge in [0, 0.05) is 18.8 Å². The third-order valence-corrected chi connectivity index (χ3v) is 3.52. The molecule has 0 aliphatic carbocycles. The minimum Gasteiger partial charge on any atom is -0.438 e. The predicted molar refractivity (Wildman–Crippen MR) is 80.8 cm³/mol. The molecule has 3 nitrogen and oxygen atoms in total. The van der Waals surface area contributed by atoms with Crippen LogP contribution in [0, 0.1) is 0 Å². The number of ether oxygens (including phenoxy) is 1. The van der Waals surface area contributed by atoms with E-state index in [4.69, 9.17) is 16.3 Å². The molecule has 1 aromatic carbocycles. The first-order valence-electron chi connectivity index (χ1n) is 5.98. The van der Waals surface area contributed by atoms with Gasteiger partial charge in [0.1, 0.15) is 5.75 Å². The number of nitrogens with one attached hydrogen (secondary N) is 1. The molecule has 0 atom stereocenters. The smallest absolute Gasteiger partial charge is 0.219 e. The highest BCUT2D eigenvalue weighted by atomic mass is 79.9. The summed E-state index contributed by atoms with van der Waals surface area (Å²) in [5.74, 6) is 1.26. The Morgan fingerprint density at radius 1 is 1.37 bits per heavy atom. The first kappa shape index (κ1) is 14.3. The lowest BCUT2D eigenvalue weighted by Gasteiger charge is -2.09. The van der Waals surface area contributed by atoms with Crippen molar-refractivity contribution in [1.82, 2.24) is 10.3 Å². The van der Waals surface area contributed by atoms with Gasteiger partial charge in [0.05, 0.1) is 9.50 Å². The van der Waals surface area contributed by atoms with Gasteiger partial charge in [-0.05, 0) is 40.2 Å². The molecule has 0 fully saturated rings. The monoisotopic (exact) mass is 340 g/mol. The Labute approximate surface area is 126 Å². The van der Waals surface area contributed by atoms with Crippen molar-refractivity contribution in [3.05, 3.63) is 51.6 Å². The van der Waals surface area contributed by atoms with E-state index in [-0.39, 0.29) is 0 Å². The van der Waals surface area contributed by atoms with Crippen molar-refractivity contribution in [2.24, 2.45) is 0 Å². The van der Waals surface area contributed by atoms with E-state index in [9.17, 15) is 0 Å². The fourth-order valence-electron chi connectivity index (χ4n) is 1.55. The van der Waals surface area contributed by atoms with Crippen LogP contribution in [0.4, 0.5) is 0 Å². The quantitative estimate of drug-likeness (QED) is 0.875. The highest BCUT2D eigenvalue weighted by Gasteiger charge is 2.06. The van der Waals surface area contributed by atoms with E-state index in [0.717, 1.165) is 22.3 Å². The number of hydrogen-bond donors (Lipinski definition) is 1. The van der Waals surface area contributed by atoms with Crippen LogP contribution in [0.25, 0.3) is 0 Å². The highest BCUT2D eigenvalue weighted by Crippen LogP contribution is 2.29. The maximum Gasteiger partial charge on any atom is 0.219 e. The summed E-state index contributed by atoms with van der Waals surface area (Å²) in [6.45, 7) is 3.64. The molecule has 2 aromatic rings. The van der Waals surface area contributed by atoms with Gasteiger partial charge in [-0.1, -0.05) is 30.7 Å². The van der Waals surface area contributed by atoms with E-state index in [0.29, 0.717) is 17.4 Å². The fourth-order valence-corrected chi connectivity index (χ4v) is 2.09. The normalized spacial score (nSPS) is 10.5. The summed E-state index contributed by atoms with van der Waals surface area (Å²) in [6.07, 6.45) is 1.61. The average Bonchev–Trinajstić information content (AvgIpc) is 2.42. The molecule has 0 unspecified atom stereocenters. The second kappa shape index (κ2) is 6.89. The summed E-state index contributed by atoms with van der Waals surface area (Å²) in [5, 5.41) is 3.87. The molecule has 0 aliphatic heterocycles. The number of hydrogen-bond acceptors (Lipinski definition) is 3. The zero-order valence-corrected chi connectivity index (χ0v) is 12.8. The average molecular weight is 342 g/mol. The molecule has 1 aromatic heterocycles. The molecule has 19 heavy (non-hydrogen) atoms. The lowest BCUT2D eigenvalue weighted by Crippen LogP contribution is -2.12. The number of aromatic nitrogens is 1. The van der Waals surface area contributed by atoms with Crippen LogP contribution in [-0.2, 0) is 6.54 Å². The molecule has 0 aliphatic rings. The first-order chi connectivity index (χ1) is 9.20. The molecular formula is C14H14BrClN2O. The van der Waals surface area contributed by atoms with E-state index < -0.39 is 0 Å². The van der Waals surface area contributed by atoms with Gasteiger partial charge in [0.25, 0.3) is 0 Å². The van der Waals surface area contributed by atoms with Crippen LogP contribution in [0.1, 0.15) is 12.5 Å². The van der Waals surface area contributed by atoms with Gasteiger partial charge < -0.3 is 10.1 Å². The molecule has 0 radical (unpaired) electrons. The van der Waals surface area contributed by atoms with Gasteiger partial charge in [-0.15, -0.1) is 0 Å². The van der Waals surface area contributed by atoms with E-state index in [2.05, 4.69) is 26.2 Å². The van der Waals surface area contributed by atoms with Crippen LogP contribution in [0.3, 0.4) is 0 Å². The molecule has 0 amide bonds. The van der Waals surface area contributed by atoms with Crippen LogP contribution in [0.5, 0.6) is 11.6 Å². The Morgan fingerprint density at radius 2 is 2.16 bits per heavy atom.